The minimum atomic E-state index is -0.524. The molecule has 1 aromatic rings. The molecule has 0 aliphatic rings. The summed E-state index contributed by atoms with van der Waals surface area (Å²) >= 11 is 1.76. The van der Waals surface area contributed by atoms with Gasteiger partial charge in [-0.25, -0.2) is 0 Å². The average molecular weight is 355 g/mol. The molecule has 0 radical (unpaired) electrons. The van der Waals surface area contributed by atoms with E-state index in [2.05, 4.69) is 22.8 Å². The molecule has 0 aliphatic carbocycles. The number of thiophene rings is 1. The molecule has 0 bridgehead atoms. The third kappa shape index (κ3) is 7.90. The van der Waals surface area contributed by atoms with Crippen molar-refractivity contribution in [1.29, 1.82) is 0 Å². The van der Waals surface area contributed by atoms with Gasteiger partial charge in [0.05, 0.1) is 6.54 Å². The van der Waals surface area contributed by atoms with Crippen molar-refractivity contribution in [2.75, 3.05) is 19.6 Å². The number of carbonyl (C=O) groups excluding carboxylic acids is 2. The maximum Gasteiger partial charge on any atom is 0.242 e. The van der Waals surface area contributed by atoms with E-state index in [4.69, 9.17) is 11.5 Å². The number of nitrogens with one attached hydrogen (secondary N) is 2. The molecule has 1 aromatic heterocycles. The largest absolute Gasteiger partial charge is 0.354 e. The molecule has 0 spiro atoms. The van der Waals surface area contributed by atoms with Crippen LogP contribution in [0.5, 0.6) is 0 Å². The lowest BCUT2D eigenvalue weighted by Crippen LogP contribution is -2.49. The third-order valence-electron chi connectivity index (χ3n) is 3.56. The van der Waals surface area contributed by atoms with Crippen LogP contribution < -0.4 is 22.1 Å². The van der Waals surface area contributed by atoms with Crippen LogP contribution in [0.3, 0.4) is 0 Å². The van der Waals surface area contributed by atoms with Gasteiger partial charge in [0.2, 0.25) is 11.8 Å². The molecular formula is C17H30N4O2S. The lowest BCUT2D eigenvalue weighted by Gasteiger charge is -2.19. The van der Waals surface area contributed by atoms with E-state index in [1.54, 1.807) is 11.3 Å². The fourth-order valence-electron chi connectivity index (χ4n) is 2.36. The van der Waals surface area contributed by atoms with Crippen LogP contribution in [0.1, 0.15) is 36.4 Å². The lowest BCUT2D eigenvalue weighted by molar-refractivity contribution is -0.128. The van der Waals surface area contributed by atoms with Crippen molar-refractivity contribution in [3.05, 3.63) is 21.9 Å². The molecule has 24 heavy (non-hydrogen) atoms. The first-order valence-corrected chi connectivity index (χ1v) is 9.32. The Labute approximate surface area is 148 Å². The highest BCUT2D eigenvalue weighted by Crippen LogP contribution is 2.18. The highest BCUT2D eigenvalue weighted by molar-refractivity contribution is 7.11. The summed E-state index contributed by atoms with van der Waals surface area (Å²) in [6.07, 6.45) is 3.39. The molecule has 0 saturated carbocycles. The minimum Gasteiger partial charge on any atom is -0.354 e. The first-order chi connectivity index (χ1) is 11.5. The van der Waals surface area contributed by atoms with Gasteiger partial charge in [-0.3, -0.25) is 9.59 Å². The summed E-state index contributed by atoms with van der Waals surface area (Å²) < 4.78 is 0. The summed E-state index contributed by atoms with van der Waals surface area (Å²) in [5.74, 6) is -0.148. The van der Waals surface area contributed by atoms with Crippen LogP contribution >= 0.6 is 11.3 Å². The van der Waals surface area contributed by atoms with Crippen molar-refractivity contribution < 1.29 is 9.59 Å². The second kappa shape index (κ2) is 11.2. The van der Waals surface area contributed by atoms with Crippen molar-refractivity contribution in [3.63, 3.8) is 0 Å². The fourth-order valence-corrected chi connectivity index (χ4v) is 3.42. The fraction of sp³-hybridized carbons (Fsp3) is 0.647. The number of amides is 2. The van der Waals surface area contributed by atoms with Crippen LogP contribution in [-0.2, 0) is 22.4 Å². The van der Waals surface area contributed by atoms with Crippen molar-refractivity contribution in [3.8, 4) is 0 Å². The van der Waals surface area contributed by atoms with Gasteiger partial charge in [-0.1, -0.05) is 13.8 Å². The molecule has 0 aliphatic heterocycles. The maximum absolute atomic E-state index is 12.3. The van der Waals surface area contributed by atoms with Gasteiger partial charge in [0.25, 0.3) is 0 Å². The number of hydrogen-bond acceptors (Lipinski definition) is 5. The zero-order valence-corrected chi connectivity index (χ0v) is 15.5. The monoisotopic (exact) mass is 354 g/mol. The highest BCUT2D eigenvalue weighted by atomic mass is 32.1. The lowest BCUT2D eigenvalue weighted by atomic mass is 10.0. The first kappa shape index (κ1) is 20.6. The van der Waals surface area contributed by atoms with E-state index < -0.39 is 6.04 Å². The summed E-state index contributed by atoms with van der Waals surface area (Å²) in [4.78, 5) is 26.3. The smallest absolute Gasteiger partial charge is 0.242 e. The Bertz CT molecular complexity index is 516. The van der Waals surface area contributed by atoms with Crippen LogP contribution in [-0.4, -0.2) is 37.5 Å². The Morgan fingerprint density at radius 1 is 1.17 bits per heavy atom. The van der Waals surface area contributed by atoms with Gasteiger partial charge in [0.1, 0.15) is 6.04 Å². The van der Waals surface area contributed by atoms with E-state index in [0.29, 0.717) is 25.4 Å². The number of carbonyl (C=O) groups is 2. The van der Waals surface area contributed by atoms with Gasteiger partial charge in [0.15, 0.2) is 0 Å². The Morgan fingerprint density at radius 3 is 2.42 bits per heavy atom. The molecule has 7 heteroatoms. The van der Waals surface area contributed by atoms with Crippen LogP contribution in [0.4, 0.5) is 0 Å². The molecule has 0 aromatic carbocycles. The molecule has 1 rings (SSSR count). The number of hydrogen-bond donors (Lipinski definition) is 4. The molecule has 6 nitrogen and oxygen atoms in total. The van der Waals surface area contributed by atoms with Gasteiger partial charge in [-0.2, -0.15) is 0 Å². The van der Waals surface area contributed by atoms with E-state index in [0.717, 1.165) is 19.3 Å². The van der Waals surface area contributed by atoms with E-state index >= 15 is 0 Å². The molecule has 1 heterocycles. The summed E-state index contributed by atoms with van der Waals surface area (Å²) in [6, 6.07) is 3.70. The standard InChI is InChI=1S/C17H30N4O2S/c1-12(2)10-15(21-16(22)11-19)17(23)20-9-7-14-6-5-13(24-14)4-3-8-18/h5-6,12,15H,3-4,7-11,18-19H2,1-2H3,(H,20,23)(H,21,22)/t15-/m1/s1. The normalized spacial score (nSPS) is 12.2. The maximum atomic E-state index is 12.3. The van der Waals surface area contributed by atoms with E-state index in [1.807, 2.05) is 13.8 Å². The van der Waals surface area contributed by atoms with Gasteiger partial charge < -0.3 is 22.1 Å². The second-order valence-corrected chi connectivity index (χ2v) is 7.51. The second-order valence-electron chi connectivity index (χ2n) is 6.26. The molecule has 0 fully saturated rings. The van der Waals surface area contributed by atoms with Gasteiger partial charge in [-0.05, 0) is 50.3 Å². The Balaban J connectivity index is 2.43. The summed E-state index contributed by atoms with van der Waals surface area (Å²) in [7, 11) is 0. The van der Waals surface area contributed by atoms with Crippen molar-refractivity contribution >= 4 is 23.2 Å². The number of aryl methyl sites for hydroxylation is 1. The van der Waals surface area contributed by atoms with Crippen molar-refractivity contribution in [2.45, 2.75) is 45.6 Å². The molecule has 6 N–H and O–H groups in total. The Morgan fingerprint density at radius 2 is 1.83 bits per heavy atom. The summed E-state index contributed by atoms with van der Waals surface area (Å²) in [5, 5.41) is 5.60. The predicted molar refractivity (Wildman–Crippen MR) is 98.8 cm³/mol. The molecule has 0 unspecified atom stereocenters. The summed E-state index contributed by atoms with van der Waals surface area (Å²) in [5.41, 5.74) is 10.8. The highest BCUT2D eigenvalue weighted by Gasteiger charge is 2.21. The predicted octanol–water partition coefficient (Wildman–Crippen LogP) is 0.788. The van der Waals surface area contributed by atoms with E-state index in [-0.39, 0.29) is 18.4 Å². The van der Waals surface area contributed by atoms with E-state index in [1.165, 1.54) is 9.75 Å². The van der Waals surface area contributed by atoms with Crippen LogP contribution in [0, 0.1) is 5.92 Å². The Hall–Kier alpha value is -1.44. The molecule has 0 saturated heterocycles. The minimum absolute atomic E-state index is 0.108. The van der Waals surface area contributed by atoms with E-state index in [9.17, 15) is 9.59 Å². The van der Waals surface area contributed by atoms with Crippen molar-refractivity contribution in [1.82, 2.24) is 10.6 Å². The zero-order valence-electron chi connectivity index (χ0n) is 14.6. The topological polar surface area (TPSA) is 110 Å². The first-order valence-electron chi connectivity index (χ1n) is 8.51. The van der Waals surface area contributed by atoms with Gasteiger partial charge in [-0.15, -0.1) is 11.3 Å². The summed E-state index contributed by atoms with van der Waals surface area (Å²) in [6.45, 7) is 5.19. The van der Waals surface area contributed by atoms with Crippen LogP contribution in [0.25, 0.3) is 0 Å². The van der Waals surface area contributed by atoms with Crippen LogP contribution in [0.2, 0.25) is 0 Å². The Kier molecular flexibility index (Phi) is 9.59. The molecule has 1 atom stereocenters. The number of rotatable bonds is 11. The van der Waals surface area contributed by atoms with Gasteiger partial charge >= 0.3 is 0 Å². The SMILES string of the molecule is CC(C)C[C@@H](NC(=O)CN)C(=O)NCCc1ccc(CCCN)s1. The number of nitrogens with two attached hydrogens (primary N) is 2. The van der Waals surface area contributed by atoms with Crippen molar-refractivity contribution in [2.24, 2.45) is 17.4 Å². The third-order valence-corrected chi connectivity index (χ3v) is 4.76. The zero-order chi connectivity index (χ0) is 17.9. The van der Waals surface area contributed by atoms with Crippen LogP contribution in [0.15, 0.2) is 12.1 Å². The average Bonchev–Trinajstić information content (AvgIpc) is 2.99. The molecule has 2 amide bonds. The molecular weight excluding hydrogens is 324 g/mol. The molecule has 136 valence electrons. The quantitative estimate of drug-likeness (QED) is 0.471. The van der Waals surface area contributed by atoms with Gasteiger partial charge in [0, 0.05) is 16.3 Å².